The number of methoxy groups -OCH3 is 1. The van der Waals surface area contributed by atoms with E-state index in [9.17, 15) is 4.79 Å². The van der Waals surface area contributed by atoms with E-state index < -0.39 is 0 Å². The van der Waals surface area contributed by atoms with Crippen molar-refractivity contribution in [3.8, 4) is 17.0 Å². The van der Waals surface area contributed by atoms with Crippen LogP contribution in [0.1, 0.15) is 24.3 Å². The van der Waals surface area contributed by atoms with Crippen LogP contribution in [0.15, 0.2) is 42.6 Å². The number of Topliss-reactive ketones (excluding diaryl/α,β-unsaturated/α-hetero) is 1. The molecule has 1 saturated carbocycles. The van der Waals surface area contributed by atoms with Crippen molar-refractivity contribution in [2.45, 2.75) is 18.8 Å². The molecular weight excluding hydrogens is 238 g/mol. The van der Waals surface area contributed by atoms with E-state index in [2.05, 4.69) is 23.2 Å². The number of nitrogens with zero attached hydrogens (tertiary/aromatic N) is 1. The molecule has 1 aromatic carbocycles. The Labute approximate surface area is 112 Å². The van der Waals surface area contributed by atoms with Gasteiger partial charge in [-0.25, -0.2) is 4.98 Å². The first kappa shape index (κ1) is 11.9. The van der Waals surface area contributed by atoms with Crippen LogP contribution in [-0.2, 0) is 4.79 Å². The number of rotatable bonds is 3. The van der Waals surface area contributed by atoms with Crippen molar-refractivity contribution < 1.29 is 9.53 Å². The lowest BCUT2D eigenvalue weighted by Crippen LogP contribution is -2.20. The Balaban J connectivity index is 1.87. The molecule has 0 saturated heterocycles. The highest BCUT2D eigenvalue weighted by atomic mass is 16.5. The van der Waals surface area contributed by atoms with Gasteiger partial charge < -0.3 is 4.74 Å². The van der Waals surface area contributed by atoms with Crippen molar-refractivity contribution in [3.05, 3.63) is 48.2 Å². The summed E-state index contributed by atoms with van der Waals surface area (Å²) in [5, 5.41) is 0. The molecule has 3 rings (SSSR count). The van der Waals surface area contributed by atoms with Crippen LogP contribution in [0, 0.1) is 0 Å². The van der Waals surface area contributed by atoms with Gasteiger partial charge in [0.1, 0.15) is 5.78 Å². The molecule has 96 valence electrons. The molecule has 0 spiro atoms. The van der Waals surface area contributed by atoms with Gasteiger partial charge in [0.05, 0.1) is 7.11 Å². The van der Waals surface area contributed by atoms with Gasteiger partial charge in [-0.05, 0) is 23.1 Å². The largest absolute Gasteiger partial charge is 0.481 e. The number of hydrogen-bond donors (Lipinski definition) is 0. The van der Waals surface area contributed by atoms with Gasteiger partial charge in [-0.3, -0.25) is 4.79 Å². The van der Waals surface area contributed by atoms with Crippen LogP contribution in [0.3, 0.4) is 0 Å². The Hall–Kier alpha value is -2.16. The predicted octanol–water partition coefficient (Wildman–Crippen LogP) is 3.20. The topological polar surface area (TPSA) is 39.2 Å². The smallest absolute Gasteiger partial charge is 0.212 e. The zero-order valence-electron chi connectivity index (χ0n) is 10.8. The first-order valence-corrected chi connectivity index (χ1v) is 6.38. The van der Waals surface area contributed by atoms with Crippen molar-refractivity contribution >= 4 is 5.78 Å². The highest BCUT2D eigenvalue weighted by Crippen LogP contribution is 2.35. The SMILES string of the molecule is COc1ccc(-c2cccc(C3CC(=O)C3)c2)cn1. The molecule has 1 aliphatic carbocycles. The predicted molar refractivity (Wildman–Crippen MR) is 73.2 cm³/mol. The Morgan fingerprint density at radius 2 is 2.00 bits per heavy atom. The zero-order chi connectivity index (χ0) is 13.2. The number of benzene rings is 1. The monoisotopic (exact) mass is 253 g/mol. The molecule has 1 fully saturated rings. The molecule has 1 aromatic heterocycles. The lowest BCUT2D eigenvalue weighted by molar-refractivity contribution is -0.124. The van der Waals surface area contributed by atoms with Crippen LogP contribution in [0.25, 0.3) is 11.1 Å². The Kier molecular flexibility index (Phi) is 3.03. The van der Waals surface area contributed by atoms with Gasteiger partial charge in [-0.1, -0.05) is 24.3 Å². The van der Waals surface area contributed by atoms with Crippen LogP contribution in [-0.4, -0.2) is 17.9 Å². The molecule has 3 heteroatoms. The second kappa shape index (κ2) is 4.84. The molecule has 19 heavy (non-hydrogen) atoms. The molecular formula is C16H15NO2. The van der Waals surface area contributed by atoms with E-state index in [0.29, 0.717) is 30.4 Å². The van der Waals surface area contributed by atoms with Gasteiger partial charge in [0.15, 0.2) is 0 Å². The second-order valence-electron chi connectivity index (χ2n) is 4.86. The molecule has 0 bridgehead atoms. The van der Waals surface area contributed by atoms with Gasteiger partial charge in [0, 0.05) is 30.7 Å². The molecule has 1 heterocycles. The van der Waals surface area contributed by atoms with Crippen molar-refractivity contribution in [2.75, 3.05) is 7.11 Å². The normalized spacial score (nSPS) is 15.1. The average molecular weight is 253 g/mol. The van der Waals surface area contributed by atoms with Crippen molar-refractivity contribution in [2.24, 2.45) is 0 Å². The molecule has 0 radical (unpaired) electrons. The van der Waals surface area contributed by atoms with Crippen molar-refractivity contribution in [1.82, 2.24) is 4.98 Å². The standard InChI is InChI=1S/C16H15NO2/c1-19-16-6-5-13(10-17-16)11-3-2-4-12(7-11)14-8-15(18)9-14/h2-7,10,14H,8-9H2,1H3. The number of carbonyl (C=O) groups excluding carboxylic acids is 1. The van der Waals surface area contributed by atoms with Gasteiger partial charge in [-0.15, -0.1) is 0 Å². The lowest BCUT2D eigenvalue weighted by Gasteiger charge is -2.24. The van der Waals surface area contributed by atoms with E-state index in [1.807, 2.05) is 24.4 Å². The highest BCUT2D eigenvalue weighted by molar-refractivity contribution is 5.86. The molecule has 3 nitrogen and oxygen atoms in total. The minimum absolute atomic E-state index is 0.363. The van der Waals surface area contributed by atoms with Crippen molar-refractivity contribution in [3.63, 3.8) is 0 Å². The molecule has 0 unspecified atom stereocenters. The van der Waals surface area contributed by atoms with E-state index in [4.69, 9.17) is 4.74 Å². The maximum Gasteiger partial charge on any atom is 0.212 e. The quantitative estimate of drug-likeness (QED) is 0.843. The maximum absolute atomic E-state index is 11.1. The molecule has 0 amide bonds. The summed E-state index contributed by atoms with van der Waals surface area (Å²) in [7, 11) is 1.61. The molecule has 2 aromatic rings. The fourth-order valence-electron chi connectivity index (χ4n) is 2.37. The fourth-order valence-corrected chi connectivity index (χ4v) is 2.37. The number of hydrogen-bond acceptors (Lipinski definition) is 3. The first-order valence-electron chi connectivity index (χ1n) is 6.38. The summed E-state index contributed by atoms with van der Waals surface area (Å²) in [6.45, 7) is 0. The second-order valence-corrected chi connectivity index (χ2v) is 4.86. The Bertz CT molecular complexity index is 596. The number of carbonyl (C=O) groups is 1. The van der Waals surface area contributed by atoms with E-state index in [1.165, 1.54) is 5.56 Å². The third-order valence-electron chi connectivity index (χ3n) is 3.58. The van der Waals surface area contributed by atoms with Crippen LogP contribution in [0.2, 0.25) is 0 Å². The van der Waals surface area contributed by atoms with Crippen LogP contribution < -0.4 is 4.74 Å². The fraction of sp³-hybridized carbons (Fsp3) is 0.250. The zero-order valence-corrected chi connectivity index (χ0v) is 10.8. The third kappa shape index (κ3) is 2.36. The maximum atomic E-state index is 11.1. The van der Waals surface area contributed by atoms with Gasteiger partial charge >= 0.3 is 0 Å². The summed E-state index contributed by atoms with van der Waals surface area (Å²) in [6.07, 6.45) is 3.18. The molecule has 0 aliphatic heterocycles. The highest BCUT2D eigenvalue weighted by Gasteiger charge is 2.27. The third-order valence-corrected chi connectivity index (χ3v) is 3.58. The summed E-state index contributed by atoms with van der Waals surface area (Å²) in [5.41, 5.74) is 3.44. The Morgan fingerprint density at radius 1 is 1.16 bits per heavy atom. The molecule has 0 atom stereocenters. The number of ether oxygens (including phenoxy) is 1. The van der Waals surface area contributed by atoms with Gasteiger partial charge in [-0.2, -0.15) is 0 Å². The summed E-state index contributed by atoms with van der Waals surface area (Å²) in [5.74, 6) is 1.38. The van der Waals surface area contributed by atoms with Crippen LogP contribution >= 0.6 is 0 Å². The lowest BCUT2D eigenvalue weighted by atomic mass is 9.78. The molecule has 1 aliphatic rings. The number of ketones is 1. The minimum Gasteiger partial charge on any atom is -0.481 e. The summed E-state index contributed by atoms with van der Waals surface area (Å²) < 4.78 is 5.06. The van der Waals surface area contributed by atoms with E-state index in [0.717, 1.165) is 11.1 Å². The number of aromatic nitrogens is 1. The summed E-state index contributed by atoms with van der Waals surface area (Å²) >= 11 is 0. The van der Waals surface area contributed by atoms with Crippen LogP contribution in [0.5, 0.6) is 5.88 Å². The number of pyridine rings is 1. The Morgan fingerprint density at radius 3 is 2.63 bits per heavy atom. The average Bonchev–Trinajstić information content (AvgIpc) is 2.44. The molecule has 0 N–H and O–H groups in total. The van der Waals surface area contributed by atoms with Crippen LogP contribution in [0.4, 0.5) is 0 Å². The van der Waals surface area contributed by atoms with E-state index in [-0.39, 0.29) is 0 Å². The van der Waals surface area contributed by atoms with E-state index >= 15 is 0 Å². The van der Waals surface area contributed by atoms with Crippen molar-refractivity contribution in [1.29, 1.82) is 0 Å². The summed E-state index contributed by atoms with van der Waals surface area (Å²) in [4.78, 5) is 15.3. The van der Waals surface area contributed by atoms with E-state index in [1.54, 1.807) is 7.11 Å². The van der Waals surface area contributed by atoms with Gasteiger partial charge in [0.2, 0.25) is 5.88 Å². The summed E-state index contributed by atoms with van der Waals surface area (Å²) in [6, 6.07) is 12.2. The minimum atomic E-state index is 0.363. The van der Waals surface area contributed by atoms with Gasteiger partial charge in [0.25, 0.3) is 0 Å². The first-order chi connectivity index (χ1) is 9.26.